The number of aromatic nitrogens is 4. The lowest BCUT2D eigenvalue weighted by atomic mass is 10.2. The third-order valence-corrected chi connectivity index (χ3v) is 4.76. The second kappa shape index (κ2) is 12.0. The number of nitrogens with one attached hydrogen (secondary N) is 4. The van der Waals surface area contributed by atoms with Crippen molar-refractivity contribution < 1.29 is 24.2 Å². The molecule has 2 amide bonds. The molecular weight excluding hydrogens is 458 g/mol. The van der Waals surface area contributed by atoms with Crippen LogP contribution in [0, 0.1) is 6.92 Å². The highest BCUT2D eigenvalue weighted by Gasteiger charge is 2.22. The Bertz CT molecular complexity index is 1210. The number of carbonyl (C=O) groups excluding carboxylic acids is 2. The van der Waals surface area contributed by atoms with Crippen molar-refractivity contribution in [2.45, 2.75) is 32.5 Å². The molecular formula is C22H25N7O6. The summed E-state index contributed by atoms with van der Waals surface area (Å²) in [7, 11) is 0. The highest BCUT2D eigenvalue weighted by molar-refractivity contribution is 5.89. The first-order valence-electron chi connectivity index (χ1n) is 10.6. The first-order chi connectivity index (χ1) is 16.8. The number of aromatic amines is 1. The minimum atomic E-state index is -1.42. The molecule has 0 aliphatic carbocycles. The van der Waals surface area contributed by atoms with E-state index >= 15 is 0 Å². The largest absolute Gasteiger partial charge is 0.480 e. The number of carboxylic acid groups (broad SMARTS) is 1. The van der Waals surface area contributed by atoms with Crippen molar-refractivity contribution in [3.05, 3.63) is 70.5 Å². The number of ether oxygens (including phenoxy) is 1. The molecule has 13 heteroatoms. The van der Waals surface area contributed by atoms with Crippen molar-refractivity contribution in [2.75, 3.05) is 17.2 Å². The van der Waals surface area contributed by atoms with Gasteiger partial charge in [-0.3, -0.25) is 14.7 Å². The van der Waals surface area contributed by atoms with Gasteiger partial charge in [-0.15, -0.1) is 0 Å². The number of hydrogen-bond acceptors (Lipinski definition) is 8. The van der Waals surface area contributed by atoms with Crippen LogP contribution < -0.4 is 21.6 Å². The Morgan fingerprint density at radius 2 is 2.00 bits per heavy atom. The molecule has 0 aliphatic heterocycles. The second-order valence-electron chi connectivity index (χ2n) is 7.47. The lowest BCUT2D eigenvalue weighted by Gasteiger charge is -2.17. The minimum absolute atomic E-state index is 0.0282. The van der Waals surface area contributed by atoms with Crippen molar-refractivity contribution in [3.8, 4) is 0 Å². The predicted molar refractivity (Wildman–Crippen MR) is 125 cm³/mol. The summed E-state index contributed by atoms with van der Waals surface area (Å²) in [5.74, 6) is -1.03. The van der Waals surface area contributed by atoms with E-state index in [0.29, 0.717) is 11.5 Å². The van der Waals surface area contributed by atoms with Crippen LogP contribution in [0.4, 0.5) is 16.6 Å². The summed E-state index contributed by atoms with van der Waals surface area (Å²) in [6.07, 6.45) is 3.68. The zero-order chi connectivity index (χ0) is 25.2. The van der Waals surface area contributed by atoms with Crippen LogP contribution in [-0.2, 0) is 27.5 Å². The maximum Gasteiger partial charge on any atom is 0.408 e. The Morgan fingerprint density at radius 3 is 2.69 bits per heavy atom. The van der Waals surface area contributed by atoms with Gasteiger partial charge < -0.3 is 25.5 Å². The lowest BCUT2D eigenvalue weighted by molar-refractivity contribution is -0.139. The van der Waals surface area contributed by atoms with Crippen molar-refractivity contribution in [2.24, 2.45) is 0 Å². The maximum absolute atomic E-state index is 12.4. The molecule has 0 saturated carbocycles. The summed E-state index contributed by atoms with van der Waals surface area (Å²) in [5.41, 5.74) is 0.572. The van der Waals surface area contributed by atoms with Gasteiger partial charge in [0.05, 0.1) is 6.54 Å². The van der Waals surface area contributed by atoms with Gasteiger partial charge in [0.25, 0.3) is 0 Å². The molecule has 0 aliphatic rings. The topological polar surface area (TPSA) is 180 Å². The molecule has 3 aromatic rings. The minimum Gasteiger partial charge on any atom is -0.480 e. The van der Waals surface area contributed by atoms with Crippen LogP contribution in [0.25, 0.3) is 0 Å². The average molecular weight is 483 g/mol. The van der Waals surface area contributed by atoms with E-state index < -0.39 is 23.8 Å². The molecule has 0 radical (unpaired) electrons. The van der Waals surface area contributed by atoms with Gasteiger partial charge in [-0.2, -0.15) is 4.98 Å². The molecule has 1 atom stereocenters. The zero-order valence-electron chi connectivity index (χ0n) is 18.9. The predicted octanol–water partition coefficient (Wildman–Crippen LogP) is 1.10. The number of hydrogen-bond donors (Lipinski definition) is 5. The third kappa shape index (κ3) is 7.70. The molecule has 0 unspecified atom stereocenters. The standard InChI is InChI=1S/C22H25N7O6/c1-14-11-29(12-16(19(31)32)26-22(34)35-13-15-5-3-2-4-6-15)21(33)28-18(14)23-8-7-17(30)27-20-24-9-10-25-20/h2-6,9-11,16H,7-8,12-13H2,1H3,(H,26,34)(H,31,32)(H,23,28,33)(H2,24,25,27,30)/t16-/m0/s1. The summed E-state index contributed by atoms with van der Waals surface area (Å²) < 4.78 is 6.13. The normalized spacial score (nSPS) is 11.3. The summed E-state index contributed by atoms with van der Waals surface area (Å²) in [6.45, 7) is 1.50. The van der Waals surface area contributed by atoms with Crippen molar-refractivity contribution in [1.29, 1.82) is 0 Å². The summed E-state index contributed by atoms with van der Waals surface area (Å²) in [5, 5.41) is 17.2. The number of alkyl carbamates (subject to hydrolysis) is 1. The highest BCUT2D eigenvalue weighted by Crippen LogP contribution is 2.08. The molecule has 0 spiro atoms. The molecule has 0 fully saturated rings. The van der Waals surface area contributed by atoms with E-state index in [1.54, 1.807) is 37.4 Å². The van der Waals surface area contributed by atoms with Gasteiger partial charge in [0, 0.05) is 37.1 Å². The first-order valence-corrected chi connectivity index (χ1v) is 10.6. The van der Waals surface area contributed by atoms with Gasteiger partial charge in [-0.1, -0.05) is 30.3 Å². The zero-order valence-corrected chi connectivity index (χ0v) is 18.9. The van der Waals surface area contributed by atoms with Gasteiger partial charge in [-0.25, -0.2) is 19.4 Å². The maximum atomic E-state index is 12.4. The molecule has 3 rings (SSSR count). The van der Waals surface area contributed by atoms with E-state index in [1.165, 1.54) is 12.4 Å². The van der Waals surface area contributed by atoms with Crippen LogP contribution in [0.1, 0.15) is 17.5 Å². The van der Waals surface area contributed by atoms with Gasteiger partial charge in [-0.05, 0) is 12.5 Å². The van der Waals surface area contributed by atoms with Crippen LogP contribution in [0.3, 0.4) is 0 Å². The summed E-state index contributed by atoms with van der Waals surface area (Å²) in [4.78, 5) is 58.6. The number of imidazole rings is 1. The number of benzene rings is 1. The molecule has 184 valence electrons. The van der Waals surface area contributed by atoms with Crippen molar-refractivity contribution >= 4 is 29.7 Å². The van der Waals surface area contributed by atoms with E-state index in [4.69, 9.17) is 4.74 Å². The number of rotatable bonds is 11. The van der Waals surface area contributed by atoms with Gasteiger partial charge >= 0.3 is 17.8 Å². The van der Waals surface area contributed by atoms with Gasteiger partial charge in [0.15, 0.2) is 0 Å². The Labute approximate surface area is 199 Å². The molecule has 5 N–H and O–H groups in total. The highest BCUT2D eigenvalue weighted by atomic mass is 16.5. The fourth-order valence-electron chi connectivity index (χ4n) is 3.02. The van der Waals surface area contributed by atoms with E-state index in [2.05, 4.69) is 30.9 Å². The van der Waals surface area contributed by atoms with Crippen LogP contribution in [0.15, 0.2) is 53.7 Å². The molecule has 2 aromatic heterocycles. The number of carboxylic acids is 1. The fourth-order valence-corrected chi connectivity index (χ4v) is 3.02. The van der Waals surface area contributed by atoms with E-state index in [9.17, 15) is 24.3 Å². The van der Waals surface area contributed by atoms with E-state index in [1.807, 2.05) is 6.07 Å². The van der Waals surface area contributed by atoms with Crippen LogP contribution in [0.5, 0.6) is 0 Å². The van der Waals surface area contributed by atoms with Crippen molar-refractivity contribution in [1.82, 2.24) is 24.8 Å². The van der Waals surface area contributed by atoms with Gasteiger partial charge in [0.1, 0.15) is 18.5 Å². The smallest absolute Gasteiger partial charge is 0.408 e. The van der Waals surface area contributed by atoms with E-state index in [0.717, 1.165) is 10.1 Å². The van der Waals surface area contributed by atoms with Crippen LogP contribution in [0.2, 0.25) is 0 Å². The monoisotopic (exact) mass is 483 g/mol. The third-order valence-electron chi connectivity index (χ3n) is 4.76. The number of nitrogens with zero attached hydrogens (tertiary/aromatic N) is 3. The molecule has 0 bridgehead atoms. The van der Waals surface area contributed by atoms with Gasteiger partial charge in [0.2, 0.25) is 11.9 Å². The number of anilines is 2. The quantitative estimate of drug-likeness (QED) is 0.267. The number of amides is 2. The molecule has 2 heterocycles. The van der Waals surface area contributed by atoms with Crippen LogP contribution in [-0.4, -0.2) is 55.2 Å². The number of aryl methyl sites for hydroxylation is 1. The number of aliphatic carboxylic acids is 1. The number of carbonyl (C=O) groups is 3. The van der Waals surface area contributed by atoms with E-state index in [-0.39, 0.29) is 37.8 Å². The Kier molecular flexibility index (Phi) is 8.53. The van der Waals surface area contributed by atoms with Crippen LogP contribution >= 0.6 is 0 Å². The first kappa shape index (κ1) is 25.0. The second-order valence-corrected chi connectivity index (χ2v) is 7.47. The van der Waals surface area contributed by atoms with Crippen molar-refractivity contribution in [3.63, 3.8) is 0 Å². The molecule has 13 nitrogen and oxygen atoms in total. The average Bonchev–Trinajstić information content (AvgIpc) is 3.33. The summed E-state index contributed by atoms with van der Waals surface area (Å²) in [6, 6.07) is 7.49. The Morgan fingerprint density at radius 1 is 1.23 bits per heavy atom. The molecule has 0 saturated heterocycles. The lowest BCUT2D eigenvalue weighted by Crippen LogP contribution is -2.45. The molecule has 1 aromatic carbocycles. The number of H-pyrrole nitrogens is 1. The Hall–Kier alpha value is -4.68. The molecule has 35 heavy (non-hydrogen) atoms. The summed E-state index contributed by atoms with van der Waals surface area (Å²) >= 11 is 0. The fraction of sp³-hybridized carbons (Fsp3) is 0.273. The SMILES string of the molecule is Cc1cn(C[C@H](NC(=O)OCc2ccccc2)C(=O)O)c(=O)nc1NCCC(=O)Nc1ncc[nH]1. The Balaban J connectivity index is 1.54.